The molecule has 5 heterocycles. The minimum absolute atomic E-state index is 0.172. The summed E-state index contributed by atoms with van der Waals surface area (Å²) in [5, 5.41) is 4.33. The molecule has 11 aromatic rings. The second-order valence-corrected chi connectivity index (χ2v) is 12.4. The maximum atomic E-state index is 14.1. The molecule has 0 aliphatic carbocycles. The number of hydrogen-bond acceptors (Lipinski definition) is 3. The summed E-state index contributed by atoms with van der Waals surface area (Å²) in [6.07, 6.45) is 0. The molecule has 0 aliphatic rings. The highest BCUT2D eigenvalue weighted by atomic mass is 16.3. The Morgan fingerprint density at radius 3 is 1.90 bits per heavy atom. The zero-order valence-electron chi connectivity index (χ0n) is 25.3. The van der Waals surface area contributed by atoms with Gasteiger partial charge in [-0.1, -0.05) is 127 Å². The molecule has 0 N–H and O–H groups in total. The van der Waals surface area contributed by atoms with E-state index in [1.165, 1.54) is 10.1 Å². The molecule has 0 radical (unpaired) electrons. The fourth-order valence-electron chi connectivity index (χ4n) is 7.98. The van der Waals surface area contributed by atoms with E-state index in [0.29, 0.717) is 22.1 Å². The molecule has 6 aromatic carbocycles. The van der Waals surface area contributed by atoms with Crippen LogP contribution in [0.3, 0.4) is 0 Å². The van der Waals surface area contributed by atoms with Crippen LogP contribution >= 0.6 is 0 Å². The minimum atomic E-state index is -0.457. The van der Waals surface area contributed by atoms with Gasteiger partial charge in [0.15, 0.2) is 5.65 Å². The molecule has 6 nitrogen and oxygen atoms in total. The van der Waals surface area contributed by atoms with Crippen molar-refractivity contribution < 1.29 is 4.42 Å². The summed E-state index contributed by atoms with van der Waals surface area (Å²) >= 11 is 0. The summed E-state index contributed by atoms with van der Waals surface area (Å²) in [5.41, 5.74) is 9.57. The first-order chi connectivity index (χ1) is 23.7. The van der Waals surface area contributed by atoms with Crippen LogP contribution in [0.5, 0.6) is 0 Å². The van der Waals surface area contributed by atoms with Crippen LogP contribution in [0.15, 0.2) is 154 Å². The zero-order valence-corrected chi connectivity index (χ0v) is 25.3. The van der Waals surface area contributed by atoms with Gasteiger partial charge in [0, 0.05) is 27.1 Å². The van der Waals surface area contributed by atoms with Gasteiger partial charge in [0.2, 0.25) is 5.58 Å². The van der Waals surface area contributed by atoms with E-state index < -0.39 is 5.56 Å². The Labute approximate surface area is 271 Å². The molecule has 0 unspecified atom stereocenters. The summed E-state index contributed by atoms with van der Waals surface area (Å²) in [7, 11) is 0. The number of aromatic nitrogens is 3. The first-order valence-electron chi connectivity index (χ1n) is 16.0. The maximum Gasteiger partial charge on any atom is 0.318 e. The molecule has 224 valence electrons. The number of furan rings is 1. The SMILES string of the molecule is O=c1c2oc3c(-c4ccccc4-c4ccc(-c5ccccc5)cc4)cccc3c2n2c3c(c(=O)n12)c1cccc2c4ccccc4n3c21. The predicted molar refractivity (Wildman–Crippen MR) is 193 cm³/mol. The third kappa shape index (κ3) is 3.07. The number of rotatable bonds is 3. The first-order valence-corrected chi connectivity index (χ1v) is 16.0. The van der Waals surface area contributed by atoms with Gasteiger partial charge in [-0.05, 0) is 39.9 Å². The van der Waals surface area contributed by atoms with E-state index in [4.69, 9.17) is 4.42 Å². The third-order valence-electron chi connectivity index (χ3n) is 10.0. The molecule has 48 heavy (non-hydrogen) atoms. The van der Waals surface area contributed by atoms with E-state index in [2.05, 4.69) is 71.1 Å². The first kappa shape index (κ1) is 25.5. The number of nitrogens with zero attached hydrogens (tertiary/aromatic N) is 3. The zero-order chi connectivity index (χ0) is 31.7. The Hall–Kier alpha value is -6.66. The Bertz CT molecular complexity index is 3200. The van der Waals surface area contributed by atoms with Gasteiger partial charge in [0.05, 0.1) is 16.4 Å². The van der Waals surface area contributed by atoms with Gasteiger partial charge < -0.3 is 4.42 Å². The Morgan fingerprint density at radius 2 is 1.04 bits per heavy atom. The lowest BCUT2D eigenvalue weighted by molar-refractivity contribution is 0.663. The van der Waals surface area contributed by atoms with Gasteiger partial charge in [-0.2, -0.15) is 4.52 Å². The van der Waals surface area contributed by atoms with E-state index in [0.717, 1.165) is 60.4 Å². The van der Waals surface area contributed by atoms with Crippen LogP contribution in [0.4, 0.5) is 0 Å². The molecular weight excluding hydrogens is 594 g/mol. The predicted octanol–water partition coefficient (Wildman–Crippen LogP) is 9.25. The van der Waals surface area contributed by atoms with Crippen LogP contribution in [0.25, 0.3) is 93.7 Å². The monoisotopic (exact) mass is 617 g/mol. The lowest BCUT2D eigenvalue weighted by atomic mass is 9.92. The molecule has 5 aromatic heterocycles. The summed E-state index contributed by atoms with van der Waals surface area (Å²) in [5.74, 6) is 0. The largest absolute Gasteiger partial charge is 0.448 e. The second-order valence-electron chi connectivity index (χ2n) is 12.4. The fraction of sp³-hybridized carbons (Fsp3) is 0. The van der Waals surface area contributed by atoms with Crippen molar-refractivity contribution in [3.8, 4) is 33.4 Å². The molecule has 0 fully saturated rings. The summed E-state index contributed by atoms with van der Waals surface area (Å²) < 4.78 is 11.7. The van der Waals surface area contributed by atoms with Crippen molar-refractivity contribution in [2.75, 3.05) is 0 Å². The van der Waals surface area contributed by atoms with E-state index in [1.54, 1.807) is 4.52 Å². The van der Waals surface area contributed by atoms with Crippen molar-refractivity contribution >= 4 is 60.3 Å². The molecule has 0 saturated heterocycles. The molecule has 0 aliphatic heterocycles. The molecule has 0 bridgehead atoms. The van der Waals surface area contributed by atoms with E-state index >= 15 is 0 Å². The Morgan fingerprint density at radius 1 is 0.417 bits per heavy atom. The number of hydrogen-bond donors (Lipinski definition) is 0. The van der Waals surface area contributed by atoms with Crippen molar-refractivity contribution in [1.29, 1.82) is 0 Å². The average molecular weight is 618 g/mol. The van der Waals surface area contributed by atoms with Gasteiger partial charge in [-0.25, -0.2) is 4.52 Å². The Balaban J connectivity index is 1.20. The highest BCUT2D eigenvalue weighted by molar-refractivity contribution is 6.23. The van der Waals surface area contributed by atoms with Crippen molar-refractivity contribution in [3.63, 3.8) is 0 Å². The number of para-hydroxylation sites is 3. The average Bonchev–Trinajstić information content (AvgIpc) is 3.92. The molecule has 0 saturated carbocycles. The summed E-state index contributed by atoms with van der Waals surface area (Å²) in [6, 6.07) is 47.5. The van der Waals surface area contributed by atoms with Crippen molar-refractivity contribution in [1.82, 2.24) is 13.4 Å². The van der Waals surface area contributed by atoms with Crippen LogP contribution in [-0.2, 0) is 0 Å². The summed E-state index contributed by atoms with van der Waals surface area (Å²) in [4.78, 5) is 28.1. The van der Waals surface area contributed by atoms with Gasteiger partial charge in [-0.15, -0.1) is 0 Å². The van der Waals surface area contributed by atoms with Gasteiger partial charge in [-0.3, -0.25) is 14.0 Å². The van der Waals surface area contributed by atoms with Crippen molar-refractivity contribution in [2.24, 2.45) is 0 Å². The van der Waals surface area contributed by atoms with Crippen LogP contribution in [-0.4, -0.2) is 13.4 Å². The van der Waals surface area contributed by atoms with Crippen molar-refractivity contribution in [3.05, 3.63) is 160 Å². The minimum Gasteiger partial charge on any atom is -0.448 e. The maximum absolute atomic E-state index is 14.1. The normalized spacial score (nSPS) is 12.3. The van der Waals surface area contributed by atoms with E-state index in [-0.39, 0.29) is 11.1 Å². The highest BCUT2D eigenvalue weighted by Gasteiger charge is 2.29. The summed E-state index contributed by atoms with van der Waals surface area (Å²) in [6.45, 7) is 0. The Kier molecular flexibility index (Phi) is 4.78. The quantitative estimate of drug-likeness (QED) is 0.199. The van der Waals surface area contributed by atoms with Gasteiger partial charge in [0.25, 0.3) is 5.56 Å². The topological polar surface area (TPSA) is 60.5 Å². The van der Waals surface area contributed by atoms with Crippen LogP contribution < -0.4 is 11.1 Å². The fourth-order valence-corrected chi connectivity index (χ4v) is 7.98. The third-order valence-corrected chi connectivity index (χ3v) is 10.0. The van der Waals surface area contributed by atoms with Crippen LogP contribution in [0.1, 0.15) is 0 Å². The lowest BCUT2D eigenvalue weighted by Crippen LogP contribution is -2.21. The molecular formula is C42H23N3O3. The second kappa shape index (κ2) is 8.99. The van der Waals surface area contributed by atoms with Gasteiger partial charge in [0.1, 0.15) is 11.1 Å². The molecule has 0 spiro atoms. The molecule has 11 rings (SSSR count). The standard InChI is InChI=1S/C42H23N3O3/c46-41-35-32-17-8-15-30-29-14-6-7-19-34(29)43(36(30)32)40(35)44-37-33-18-9-16-31(38(33)48-39(37)42(47)45(41)44)28-13-5-4-12-27(28)26-22-20-25(21-23-26)24-10-2-1-3-11-24/h1-23H. The number of fused-ring (bicyclic) bond motifs is 12. The van der Waals surface area contributed by atoms with E-state index in [9.17, 15) is 9.59 Å². The molecule has 0 atom stereocenters. The molecule has 6 heteroatoms. The van der Waals surface area contributed by atoms with Crippen LogP contribution in [0.2, 0.25) is 0 Å². The smallest absolute Gasteiger partial charge is 0.318 e. The van der Waals surface area contributed by atoms with Crippen molar-refractivity contribution in [2.45, 2.75) is 0 Å². The van der Waals surface area contributed by atoms with Crippen LogP contribution in [0, 0.1) is 0 Å². The lowest BCUT2D eigenvalue weighted by Gasteiger charge is -2.11. The highest BCUT2D eigenvalue weighted by Crippen LogP contribution is 2.42. The number of benzene rings is 6. The van der Waals surface area contributed by atoms with E-state index in [1.807, 2.05) is 72.8 Å². The molecule has 0 amide bonds. The van der Waals surface area contributed by atoms with Gasteiger partial charge >= 0.3 is 5.56 Å².